The van der Waals surface area contributed by atoms with Crippen molar-refractivity contribution in [2.45, 2.75) is 51.6 Å². The Morgan fingerprint density at radius 2 is 2.10 bits per heavy atom. The van der Waals surface area contributed by atoms with Crippen molar-refractivity contribution in [3.63, 3.8) is 0 Å². The number of piperidine rings is 1. The summed E-state index contributed by atoms with van der Waals surface area (Å²) in [5.41, 5.74) is 4.90. The molecule has 0 radical (unpaired) electrons. The number of hydrogen-bond acceptors (Lipinski definition) is 4. The van der Waals surface area contributed by atoms with E-state index in [4.69, 9.17) is 0 Å². The van der Waals surface area contributed by atoms with Crippen LogP contribution in [0.4, 0.5) is 0 Å². The minimum atomic E-state index is 0.103. The number of pyridine rings is 1. The maximum atomic E-state index is 12.2. The second-order valence-corrected chi connectivity index (χ2v) is 8.92. The second kappa shape index (κ2) is 7.30. The van der Waals surface area contributed by atoms with Crippen molar-refractivity contribution in [2.24, 2.45) is 5.41 Å². The fraction of sp³-hybridized carbons (Fsp3) is 0.500. The first-order chi connectivity index (χ1) is 14.1. The minimum Gasteiger partial charge on any atom is -0.353 e. The van der Waals surface area contributed by atoms with Crippen molar-refractivity contribution >= 4 is 11.6 Å². The van der Waals surface area contributed by atoms with Crippen LogP contribution in [0.15, 0.2) is 36.9 Å². The van der Waals surface area contributed by atoms with Gasteiger partial charge in [0.25, 0.3) is 0 Å². The van der Waals surface area contributed by atoms with Crippen LogP contribution in [0.3, 0.4) is 0 Å². The molecule has 3 aromatic rings. The lowest BCUT2D eigenvalue weighted by molar-refractivity contribution is -0.123. The van der Waals surface area contributed by atoms with E-state index < -0.39 is 0 Å². The van der Waals surface area contributed by atoms with E-state index in [2.05, 4.69) is 55.1 Å². The minimum absolute atomic E-state index is 0.103. The molecule has 0 aromatic carbocycles. The normalized spacial score (nSPS) is 19.5. The van der Waals surface area contributed by atoms with E-state index in [0.717, 1.165) is 43.7 Å². The van der Waals surface area contributed by atoms with Gasteiger partial charge in [-0.1, -0.05) is 6.07 Å². The highest BCUT2D eigenvalue weighted by atomic mass is 16.1. The molecule has 1 aliphatic heterocycles. The van der Waals surface area contributed by atoms with Crippen molar-refractivity contribution in [1.29, 1.82) is 0 Å². The number of aromatic nitrogens is 4. The van der Waals surface area contributed by atoms with Gasteiger partial charge in [-0.3, -0.25) is 14.8 Å². The molecule has 1 saturated heterocycles. The van der Waals surface area contributed by atoms with E-state index in [1.165, 1.54) is 24.1 Å². The highest BCUT2D eigenvalue weighted by molar-refractivity contribution is 5.78. The summed E-state index contributed by atoms with van der Waals surface area (Å²) in [6.45, 7) is 5.31. The Bertz CT molecular complexity index is 992. The van der Waals surface area contributed by atoms with E-state index in [0.29, 0.717) is 17.9 Å². The third-order valence-corrected chi connectivity index (χ3v) is 6.68. The van der Waals surface area contributed by atoms with Gasteiger partial charge in [-0.2, -0.15) is 5.10 Å². The van der Waals surface area contributed by atoms with Gasteiger partial charge in [0.05, 0.1) is 24.5 Å². The Labute approximate surface area is 170 Å². The Hall–Kier alpha value is -2.67. The number of amides is 1. The summed E-state index contributed by atoms with van der Waals surface area (Å²) in [7, 11) is 0. The first-order valence-corrected chi connectivity index (χ1v) is 10.5. The monoisotopic (exact) mass is 392 g/mol. The SMILES string of the molecule is Cc1ccc2ncc(CN3CCC4(CC3)CC(NC(=O)Cc3cn[nH]c3)C4)n2c1. The van der Waals surface area contributed by atoms with Crippen LogP contribution in [-0.2, 0) is 17.8 Å². The molecule has 1 saturated carbocycles. The lowest BCUT2D eigenvalue weighted by Crippen LogP contribution is -2.55. The lowest BCUT2D eigenvalue weighted by Gasteiger charge is -2.52. The van der Waals surface area contributed by atoms with Gasteiger partial charge < -0.3 is 9.72 Å². The third kappa shape index (κ3) is 3.79. The zero-order valence-electron chi connectivity index (χ0n) is 16.9. The predicted octanol–water partition coefficient (Wildman–Crippen LogP) is 2.47. The summed E-state index contributed by atoms with van der Waals surface area (Å²) < 4.78 is 2.22. The van der Waals surface area contributed by atoms with E-state index in [-0.39, 0.29) is 5.91 Å². The Morgan fingerprint density at radius 1 is 1.28 bits per heavy atom. The van der Waals surface area contributed by atoms with Crippen LogP contribution < -0.4 is 5.32 Å². The highest BCUT2D eigenvalue weighted by Gasteiger charge is 2.46. The maximum Gasteiger partial charge on any atom is 0.224 e. The molecule has 2 aliphatic rings. The molecule has 0 bridgehead atoms. The van der Waals surface area contributed by atoms with Crippen molar-refractivity contribution in [1.82, 2.24) is 29.8 Å². The first-order valence-electron chi connectivity index (χ1n) is 10.5. The summed E-state index contributed by atoms with van der Waals surface area (Å²) in [6, 6.07) is 4.53. The van der Waals surface area contributed by atoms with Crippen molar-refractivity contribution in [3.8, 4) is 0 Å². The van der Waals surface area contributed by atoms with Gasteiger partial charge in [-0.25, -0.2) is 4.98 Å². The second-order valence-electron chi connectivity index (χ2n) is 8.92. The molecule has 152 valence electrons. The number of aromatic amines is 1. The summed E-state index contributed by atoms with van der Waals surface area (Å²) in [5, 5.41) is 9.84. The average Bonchev–Trinajstić information content (AvgIpc) is 3.32. The summed E-state index contributed by atoms with van der Waals surface area (Å²) >= 11 is 0. The fourth-order valence-corrected chi connectivity index (χ4v) is 5.00. The number of carbonyl (C=O) groups is 1. The lowest BCUT2D eigenvalue weighted by atomic mass is 9.60. The standard InChI is InChI=1S/C22H28N6O/c1-16-2-3-20-23-13-19(28(20)14-16)15-27-6-4-22(5-7-27)9-18(10-22)26-21(29)8-17-11-24-25-12-17/h2-3,11-14,18H,4-10,15H2,1H3,(H,24,25)(H,26,29). The molecule has 2 fully saturated rings. The van der Waals surface area contributed by atoms with Gasteiger partial charge in [-0.05, 0) is 68.3 Å². The van der Waals surface area contributed by atoms with Crippen LogP contribution in [-0.4, -0.2) is 49.5 Å². The molecule has 2 N–H and O–H groups in total. The summed E-state index contributed by atoms with van der Waals surface area (Å²) in [6.07, 6.45) is 12.8. The maximum absolute atomic E-state index is 12.2. The van der Waals surface area contributed by atoms with Gasteiger partial charge in [0.2, 0.25) is 5.91 Å². The van der Waals surface area contributed by atoms with Gasteiger partial charge in [0.1, 0.15) is 5.65 Å². The third-order valence-electron chi connectivity index (χ3n) is 6.68. The molecule has 5 rings (SSSR count). The number of imidazole rings is 1. The smallest absolute Gasteiger partial charge is 0.224 e. The average molecular weight is 393 g/mol. The zero-order chi connectivity index (χ0) is 19.8. The molecule has 4 heterocycles. The predicted molar refractivity (Wildman–Crippen MR) is 110 cm³/mol. The van der Waals surface area contributed by atoms with Crippen LogP contribution in [0, 0.1) is 12.3 Å². The number of nitrogens with one attached hydrogen (secondary N) is 2. The molecule has 1 spiro atoms. The Balaban J connectivity index is 1.11. The summed E-state index contributed by atoms with van der Waals surface area (Å²) in [4.78, 5) is 19.3. The van der Waals surface area contributed by atoms with Gasteiger partial charge in [0, 0.05) is 25.0 Å². The number of likely N-dealkylation sites (tertiary alicyclic amines) is 1. The topological polar surface area (TPSA) is 78.3 Å². The molecular formula is C22H28N6O. The number of H-pyrrole nitrogens is 1. The molecule has 0 unspecified atom stereocenters. The van der Waals surface area contributed by atoms with E-state index in [1.807, 2.05) is 6.20 Å². The molecule has 1 aliphatic carbocycles. The fourth-order valence-electron chi connectivity index (χ4n) is 5.00. The number of aryl methyl sites for hydroxylation is 1. The molecule has 29 heavy (non-hydrogen) atoms. The Morgan fingerprint density at radius 3 is 2.86 bits per heavy atom. The van der Waals surface area contributed by atoms with Crippen molar-refractivity contribution < 1.29 is 4.79 Å². The van der Waals surface area contributed by atoms with E-state index in [9.17, 15) is 4.79 Å². The van der Waals surface area contributed by atoms with Gasteiger partial charge in [0.15, 0.2) is 0 Å². The Kier molecular flexibility index (Phi) is 4.62. The summed E-state index contributed by atoms with van der Waals surface area (Å²) in [5.74, 6) is 0.103. The largest absolute Gasteiger partial charge is 0.353 e. The quantitative estimate of drug-likeness (QED) is 0.699. The number of fused-ring (bicyclic) bond motifs is 1. The van der Waals surface area contributed by atoms with Gasteiger partial charge >= 0.3 is 0 Å². The number of hydrogen-bond donors (Lipinski definition) is 2. The van der Waals surface area contributed by atoms with Crippen LogP contribution >= 0.6 is 0 Å². The number of rotatable bonds is 5. The molecular weight excluding hydrogens is 364 g/mol. The molecule has 1 amide bonds. The van der Waals surface area contributed by atoms with Crippen LogP contribution in [0.2, 0.25) is 0 Å². The number of nitrogens with zero attached hydrogens (tertiary/aromatic N) is 4. The van der Waals surface area contributed by atoms with Crippen molar-refractivity contribution in [3.05, 3.63) is 53.7 Å². The van der Waals surface area contributed by atoms with Crippen LogP contribution in [0.1, 0.15) is 42.5 Å². The first kappa shape index (κ1) is 18.4. The molecule has 7 heteroatoms. The molecule has 7 nitrogen and oxygen atoms in total. The van der Waals surface area contributed by atoms with Crippen molar-refractivity contribution in [2.75, 3.05) is 13.1 Å². The highest BCUT2D eigenvalue weighted by Crippen LogP contribution is 2.49. The van der Waals surface area contributed by atoms with E-state index in [1.54, 1.807) is 12.4 Å². The number of carbonyl (C=O) groups excluding carboxylic acids is 1. The zero-order valence-corrected chi connectivity index (χ0v) is 16.9. The molecule has 3 aromatic heterocycles. The van der Waals surface area contributed by atoms with Crippen LogP contribution in [0.25, 0.3) is 5.65 Å². The van der Waals surface area contributed by atoms with E-state index >= 15 is 0 Å². The molecule has 0 atom stereocenters. The van der Waals surface area contributed by atoms with Gasteiger partial charge in [-0.15, -0.1) is 0 Å². The van der Waals surface area contributed by atoms with Crippen LogP contribution in [0.5, 0.6) is 0 Å².